The monoisotopic (exact) mass is 276 g/mol. The molecule has 0 aliphatic rings. The Labute approximate surface area is 118 Å². The number of rotatable bonds is 6. The van der Waals surface area contributed by atoms with E-state index in [0.717, 1.165) is 17.2 Å². The van der Waals surface area contributed by atoms with Gasteiger partial charge in [-0.1, -0.05) is 32.0 Å². The minimum Gasteiger partial charge on any atom is -0.487 e. The van der Waals surface area contributed by atoms with E-state index in [4.69, 9.17) is 4.74 Å². The smallest absolute Gasteiger partial charge is 0.127 e. The molecule has 102 valence electrons. The first-order chi connectivity index (χ1) is 9.16. The SMILES string of the molecule is Cc1cccc(CNC(C)C)c1OCc1cncs1. The standard InChI is InChI=1S/C15H20N2OS/c1-11(2)17-7-13-6-4-5-12(3)15(13)18-9-14-8-16-10-19-14/h4-6,8,10-11,17H,7,9H2,1-3H3. The zero-order chi connectivity index (χ0) is 13.7. The van der Waals surface area contributed by atoms with Crippen molar-refractivity contribution in [2.45, 2.75) is 40.0 Å². The molecule has 3 nitrogen and oxygen atoms in total. The van der Waals surface area contributed by atoms with E-state index in [-0.39, 0.29) is 0 Å². The molecule has 0 saturated carbocycles. The van der Waals surface area contributed by atoms with Crippen LogP contribution in [0.4, 0.5) is 0 Å². The molecule has 0 bridgehead atoms. The summed E-state index contributed by atoms with van der Waals surface area (Å²) in [6.45, 7) is 7.80. The molecule has 0 amide bonds. The van der Waals surface area contributed by atoms with Gasteiger partial charge in [0.05, 0.1) is 10.4 Å². The maximum Gasteiger partial charge on any atom is 0.127 e. The van der Waals surface area contributed by atoms with E-state index in [1.54, 1.807) is 11.3 Å². The first-order valence-electron chi connectivity index (χ1n) is 6.49. The molecule has 1 heterocycles. The van der Waals surface area contributed by atoms with E-state index in [1.807, 2.05) is 11.7 Å². The fraction of sp³-hybridized carbons (Fsp3) is 0.400. The van der Waals surface area contributed by atoms with Crippen molar-refractivity contribution in [3.8, 4) is 5.75 Å². The molecule has 1 N–H and O–H groups in total. The summed E-state index contributed by atoms with van der Waals surface area (Å²) in [5.41, 5.74) is 4.21. The van der Waals surface area contributed by atoms with E-state index >= 15 is 0 Å². The van der Waals surface area contributed by atoms with E-state index in [0.29, 0.717) is 12.6 Å². The van der Waals surface area contributed by atoms with Gasteiger partial charge in [-0.25, -0.2) is 0 Å². The number of ether oxygens (including phenoxy) is 1. The number of benzene rings is 1. The quantitative estimate of drug-likeness (QED) is 0.876. The predicted octanol–water partition coefficient (Wildman–Crippen LogP) is 3.53. The minimum absolute atomic E-state index is 0.467. The van der Waals surface area contributed by atoms with Crippen LogP contribution < -0.4 is 10.1 Å². The Morgan fingerprint density at radius 2 is 2.21 bits per heavy atom. The number of nitrogens with zero attached hydrogens (tertiary/aromatic N) is 1. The normalized spacial score (nSPS) is 10.9. The van der Waals surface area contributed by atoms with Crippen molar-refractivity contribution < 1.29 is 4.74 Å². The molecule has 4 heteroatoms. The van der Waals surface area contributed by atoms with Crippen LogP contribution in [0.5, 0.6) is 5.75 Å². The number of thiazole rings is 1. The Hall–Kier alpha value is -1.39. The summed E-state index contributed by atoms with van der Waals surface area (Å²) in [5, 5.41) is 3.43. The zero-order valence-electron chi connectivity index (χ0n) is 11.6. The summed E-state index contributed by atoms with van der Waals surface area (Å²) in [6.07, 6.45) is 1.86. The van der Waals surface area contributed by atoms with Crippen LogP contribution >= 0.6 is 11.3 Å². The second kappa shape index (κ2) is 6.68. The maximum absolute atomic E-state index is 5.98. The van der Waals surface area contributed by atoms with Crippen molar-refractivity contribution >= 4 is 11.3 Å². The number of nitrogens with one attached hydrogen (secondary N) is 1. The molecule has 0 atom stereocenters. The average Bonchev–Trinajstić information content (AvgIpc) is 2.88. The van der Waals surface area contributed by atoms with E-state index < -0.39 is 0 Å². The lowest BCUT2D eigenvalue weighted by Crippen LogP contribution is -2.22. The lowest BCUT2D eigenvalue weighted by atomic mass is 10.1. The lowest BCUT2D eigenvalue weighted by molar-refractivity contribution is 0.303. The van der Waals surface area contributed by atoms with Gasteiger partial charge in [0, 0.05) is 24.3 Å². The van der Waals surface area contributed by atoms with Crippen LogP contribution in [0, 0.1) is 6.92 Å². The Kier molecular flexibility index (Phi) is 4.93. The number of aromatic nitrogens is 1. The van der Waals surface area contributed by atoms with Crippen molar-refractivity contribution in [3.05, 3.63) is 45.9 Å². The molecule has 0 unspecified atom stereocenters. The highest BCUT2D eigenvalue weighted by molar-refractivity contribution is 7.09. The van der Waals surface area contributed by atoms with Gasteiger partial charge < -0.3 is 10.1 Å². The number of hydrogen-bond acceptors (Lipinski definition) is 4. The van der Waals surface area contributed by atoms with E-state index in [9.17, 15) is 0 Å². The fourth-order valence-corrected chi connectivity index (χ4v) is 2.34. The van der Waals surface area contributed by atoms with Crippen LogP contribution in [0.25, 0.3) is 0 Å². The molecule has 2 rings (SSSR count). The zero-order valence-corrected chi connectivity index (χ0v) is 12.5. The molecule has 19 heavy (non-hydrogen) atoms. The Balaban J connectivity index is 2.08. The largest absolute Gasteiger partial charge is 0.487 e. The van der Waals surface area contributed by atoms with Gasteiger partial charge in [-0.15, -0.1) is 11.3 Å². The topological polar surface area (TPSA) is 34.1 Å². The van der Waals surface area contributed by atoms with Gasteiger partial charge in [-0.3, -0.25) is 4.98 Å². The van der Waals surface area contributed by atoms with Crippen molar-refractivity contribution in [3.63, 3.8) is 0 Å². The van der Waals surface area contributed by atoms with Crippen molar-refractivity contribution in [1.82, 2.24) is 10.3 Å². The molecule has 1 aromatic carbocycles. The van der Waals surface area contributed by atoms with Gasteiger partial charge in [0.1, 0.15) is 12.4 Å². The van der Waals surface area contributed by atoms with Gasteiger partial charge in [-0.05, 0) is 12.5 Å². The summed E-state index contributed by atoms with van der Waals surface area (Å²) in [7, 11) is 0. The molecule has 0 aliphatic heterocycles. The molecule has 0 aliphatic carbocycles. The average molecular weight is 276 g/mol. The number of aryl methyl sites for hydroxylation is 1. The summed E-state index contributed by atoms with van der Waals surface area (Å²) < 4.78 is 5.98. The van der Waals surface area contributed by atoms with Crippen LogP contribution in [-0.2, 0) is 13.2 Å². The van der Waals surface area contributed by atoms with E-state index in [2.05, 4.69) is 49.3 Å². The Bertz CT molecular complexity index is 509. The minimum atomic E-state index is 0.467. The Morgan fingerprint density at radius 3 is 2.89 bits per heavy atom. The van der Waals surface area contributed by atoms with Crippen LogP contribution in [0.1, 0.15) is 29.9 Å². The molecule has 0 radical (unpaired) electrons. The van der Waals surface area contributed by atoms with Crippen LogP contribution in [-0.4, -0.2) is 11.0 Å². The van der Waals surface area contributed by atoms with Gasteiger partial charge in [0.2, 0.25) is 0 Å². The molecule has 0 fully saturated rings. The molecular formula is C15H20N2OS. The van der Waals surface area contributed by atoms with Gasteiger partial charge in [-0.2, -0.15) is 0 Å². The molecule has 2 aromatic rings. The summed E-state index contributed by atoms with van der Waals surface area (Å²) in [6, 6.07) is 6.74. The third-order valence-corrected chi connectivity index (χ3v) is 3.59. The summed E-state index contributed by atoms with van der Waals surface area (Å²) in [5.74, 6) is 0.990. The van der Waals surface area contributed by atoms with Crippen LogP contribution in [0.15, 0.2) is 29.9 Å². The van der Waals surface area contributed by atoms with E-state index in [1.165, 1.54) is 11.1 Å². The predicted molar refractivity (Wildman–Crippen MR) is 79.6 cm³/mol. The summed E-state index contributed by atoms with van der Waals surface area (Å²) >= 11 is 1.62. The van der Waals surface area contributed by atoms with Gasteiger partial charge in [0.15, 0.2) is 0 Å². The molecule has 0 saturated heterocycles. The molecule has 1 aromatic heterocycles. The van der Waals surface area contributed by atoms with Crippen molar-refractivity contribution in [2.24, 2.45) is 0 Å². The molecule has 0 spiro atoms. The third-order valence-electron chi connectivity index (χ3n) is 2.84. The van der Waals surface area contributed by atoms with Crippen molar-refractivity contribution in [2.75, 3.05) is 0 Å². The number of hydrogen-bond donors (Lipinski definition) is 1. The Morgan fingerprint density at radius 1 is 1.37 bits per heavy atom. The third kappa shape index (κ3) is 4.04. The first kappa shape index (κ1) is 14.0. The highest BCUT2D eigenvalue weighted by Crippen LogP contribution is 2.25. The fourth-order valence-electron chi connectivity index (χ4n) is 1.83. The van der Waals surface area contributed by atoms with Gasteiger partial charge >= 0.3 is 0 Å². The van der Waals surface area contributed by atoms with Gasteiger partial charge in [0.25, 0.3) is 0 Å². The summed E-state index contributed by atoms with van der Waals surface area (Å²) in [4.78, 5) is 5.21. The highest BCUT2D eigenvalue weighted by atomic mass is 32.1. The molecular weight excluding hydrogens is 256 g/mol. The highest BCUT2D eigenvalue weighted by Gasteiger charge is 2.08. The maximum atomic E-state index is 5.98. The van der Waals surface area contributed by atoms with Crippen LogP contribution in [0.3, 0.4) is 0 Å². The first-order valence-corrected chi connectivity index (χ1v) is 7.37. The number of para-hydroxylation sites is 1. The van der Waals surface area contributed by atoms with Crippen molar-refractivity contribution in [1.29, 1.82) is 0 Å². The second-order valence-electron chi connectivity index (χ2n) is 4.86. The van der Waals surface area contributed by atoms with Crippen LogP contribution in [0.2, 0.25) is 0 Å². The lowest BCUT2D eigenvalue weighted by Gasteiger charge is -2.15. The second-order valence-corrected chi connectivity index (χ2v) is 5.83.